The molecule has 5 aliphatic rings. The first kappa shape index (κ1) is 40.3. The number of carbonyl (C=O) groups excluding carboxylic acids is 5. The normalized spacial score (nSPS) is 24.5. The number of anilines is 1. The Morgan fingerprint density at radius 2 is 1.47 bits per heavy atom. The number of carbonyl (C=O) groups is 5. The summed E-state index contributed by atoms with van der Waals surface area (Å²) in [6.07, 6.45) is 3.84. The predicted octanol–water partition coefficient (Wildman–Crippen LogP) is 5.74. The van der Waals surface area contributed by atoms with Crippen molar-refractivity contribution in [3.8, 4) is 17.6 Å². The highest BCUT2D eigenvalue weighted by Crippen LogP contribution is 2.55. The van der Waals surface area contributed by atoms with Gasteiger partial charge < -0.3 is 19.7 Å². The van der Waals surface area contributed by atoms with Crippen LogP contribution in [0.1, 0.15) is 103 Å². The van der Waals surface area contributed by atoms with Gasteiger partial charge in [0.1, 0.15) is 35.8 Å². The molecule has 4 heterocycles. The van der Waals surface area contributed by atoms with Gasteiger partial charge in [0.05, 0.1) is 21.7 Å². The van der Waals surface area contributed by atoms with E-state index in [9.17, 15) is 29.2 Å². The number of hydrogen-bond donors (Lipinski definition) is 2. The zero-order chi connectivity index (χ0) is 41.8. The van der Waals surface area contributed by atoms with Crippen LogP contribution >= 0.6 is 11.6 Å². The van der Waals surface area contributed by atoms with E-state index in [-0.39, 0.29) is 53.4 Å². The van der Waals surface area contributed by atoms with E-state index in [1.54, 1.807) is 30.3 Å². The zero-order valence-electron chi connectivity index (χ0n) is 33.8. The Bertz CT molecular complexity index is 2220. The summed E-state index contributed by atoms with van der Waals surface area (Å²) in [6, 6.07) is 19.1. The molecule has 4 aliphatic heterocycles. The Balaban J connectivity index is 0.789. The van der Waals surface area contributed by atoms with Crippen LogP contribution in [-0.2, 0) is 9.59 Å². The zero-order valence-corrected chi connectivity index (χ0v) is 34.5. The third-order valence-corrected chi connectivity index (χ3v) is 13.4. The van der Waals surface area contributed by atoms with Gasteiger partial charge in [0.2, 0.25) is 11.8 Å². The van der Waals surface area contributed by atoms with Gasteiger partial charge in [0.25, 0.3) is 17.7 Å². The van der Waals surface area contributed by atoms with Gasteiger partial charge in [-0.25, -0.2) is 0 Å². The molecule has 3 aromatic carbocycles. The molecule has 59 heavy (non-hydrogen) atoms. The third kappa shape index (κ3) is 7.53. The van der Waals surface area contributed by atoms with Crippen LogP contribution in [0.4, 0.5) is 5.69 Å². The van der Waals surface area contributed by atoms with Crippen molar-refractivity contribution in [3.05, 3.63) is 87.9 Å². The summed E-state index contributed by atoms with van der Waals surface area (Å²) >= 11 is 6.24. The van der Waals surface area contributed by atoms with Gasteiger partial charge in [-0.2, -0.15) is 5.26 Å². The van der Waals surface area contributed by atoms with E-state index in [0.29, 0.717) is 33.5 Å². The summed E-state index contributed by atoms with van der Waals surface area (Å²) in [4.78, 5) is 69.8. The predicted molar refractivity (Wildman–Crippen MR) is 219 cm³/mol. The SMILES string of the molecule is CC1(C)[C@H](NC(=O)c2ccc(OC3CCN(C4CCN(c5ccc6c(c5)C(=O)N(C5CCC(=O)NC5=O)C6=O)CC4)CC3)cc2)C(C)(C)[C@H]1Oc1ccc(C#N)c(Cl)c1. The second-order valence-corrected chi connectivity index (χ2v) is 18.0. The standard InChI is InChI=1S/C45H49ClN6O7/c1-44(2)42(45(3,4)43(44)59-32-11-7-27(25-47)35(46)24-32)49-38(54)26-5-9-30(10-6-26)58-31-17-21-50(22-18-31)28-15-19-51(20-16-28)29-8-12-33-34(23-29)41(57)52(40(33)56)36-13-14-37(53)48-39(36)55/h5-12,23-24,28,31,36,42-43H,13-22H2,1-4H3,(H,49,54)(H,48,53,55)/t36?,42-,43-. The first-order valence-corrected chi connectivity index (χ1v) is 20.8. The summed E-state index contributed by atoms with van der Waals surface area (Å²) in [5, 5.41) is 15.0. The van der Waals surface area contributed by atoms with Crippen molar-refractivity contribution < 1.29 is 33.4 Å². The van der Waals surface area contributed by atoms with Crippen LogP contribution in [0.25, 0.3) is 0 Å². The highest BCUT2D eigenvalue weighted by Gasteiger charge is 2.64. The van der Waals surface area contributed by atoms with Crippen LogP contribution in [0.2, 0.25) is 5.02 Å². The maximum absolute atomic E-state index is 13.4. The quantitative estimate of drug-likeness (QED) is 0.255. The first-order chi connectivity index (χ1) is 28.1. The van der Waals surface area contributed by atoms with Crippen molar-refractivity contribution in [2.24, 2.45) is 10.8 Å². The molecule has 2 N–H and O–H groups in total. The van der Waals surface area contributed by atoms with Gasteiger partial charge in [-0.15, -0.1) is 0 Å². The van der Waals surface area contributed by atoms with E-state index in [4.69, 9.17) is 21.1 Å². The van der Waals surface area contributed by atoms with Gasteiger partial charge in [0.15, 0.2) is 0 Å². The Hall–Kier alpha value is -5.45. The van der Waals surface area contributed by atoms with Crippen LogP contribution in [0, 0.1) is 22.2 Å². The molecule has 13 nitrogen and oxygen atoms in total. The number of hydrogen-bond acceptors (Lipinski definition) is 10. The number of ether oxygens (including phenoxy) is 2. The van der Waals surface area contributed by atoms with Crippen LogP contribution in [-0.4, -0.2) is 95.8 Å². The molecule has 0 bridgehead atoms. The largest absolute Gasteiger partial charge is 0.490 e. The lowest BCUT2D eigenvalue weighted by Gasteiger charge is -2.63. The van der Waals surface area contributed by atoms with Gasteiger partial charge >= 0.3 is 0 Å². The van der Waals surface area contributed by atoms with Gasteiger partial charge in [-0.1, -0.05) is 39.3 Å². The second kappa shape index (κ2) is 15.6. The Labute approximate surface area is 348 Å². The molecule has 0 aromatic heterocycles. The summed E-state index contributed by atoms with van der Waals surface area (Å²) < 4.78 is 12.7. The van der Waals surface area contributed by atoms with Crippen LogP contribution in [0.5, 0.6) is 11.5 Å². The number of nitriles is 1. The minimum absolute atomic E-state index is 0.0805. The lowest BCUT2D eigenvalue weighted by Crippen LogP contribution is -2.74. The minimum Gasteiger partial charge on any atom is -0.490 e. The Morgan fingerprint density at radius 1 is 0.814 bits per heavy atom. The molecule has 3 saturated heterocycles. The smallest absolute Gasteiger partial charge is 0.262 e. The first-order valence-electron chi connectivity index (χ1n) is 20.4. The minimum atomic E-state index is -0.980. The van der Waals surface area contributed by atoms with E-state index in [0.717, 1.165) is 68.2 Å². The Kier molecular flexibility index (Phi) is 10.7. The number of amides is 5. The monoisotopic (exact) mass is 820 g/mol. The number of imide groups is 2. The summed E-state index contributed by atoms with van der Waals surface area (Å²) in [6.45, 7) is 11.8. The Morgan fingerprint density at radius 3 is 2.12 bits per heavy atom. The average molecular weight is 821 g/mol. The molecule has 4 fully saturated rings. The lowest BCUT2D eigenvalue weighted by atomic mass is 9.49. The maximum atomic E-state index is 13.4. The van der Waals surface area contributed by atoms with E-state index < -0.39 is 29.7 Å². The van der Waals surface area contributed by atoms with E-state index >= 15 is 0 Å². The summed E-state index contributed by atoms with van der Waals surface area (Å²) in [7, 11) is 0. The molecule has 308 valence electrons. The molecule has 1 atom stereocenters. The molecular formula is C45H49ClN6O7. The molecule has 8 rings (SSSR count). The lowest BCUT2D eigenvalue weighted by molar-refractivity contribution is -0.164. The van der Waals surface area contributed by atoms with Crippen molar-refractivity contribution in [1.29, 1.82) is 5.26 Å². The van der Waals surface area contributed by atoms with E-state index in [2.05, 4.69) is 54.2 Å². The van der Waals surface area contributed by atoms with Gasteiger partial charge in [-0.05, 0) is 86.7 Å². The maximum Gasteiger partial charge on any atom is 0.262 e. The average Bonchev–Trinajstić information content (AvgIpc) is 3.47. The van der Waals surface area contributed by atoms with Gasteiger partial charge in [0, 0.05) is 72.8 Å². The molecular weight excluding hydrogens is 772 g/mol. The second-order valence-electron chi connectivity index (χ2n) is 17.6. The summed E-state index contributed by atoms with van der Waals surface area (Å²) in [5.74, 6) is -0.825. The fourth-order valence-electron chi connectivity index (χ4n) is 10.2. The van der Waals surface area contributed by atoms with E-state index in [1.165, 1.54) is 0 Å². The number of halogens is 1. The van der Waals surface area contributed by atoms with Crippen molar-refractivity contribution in [1.82, 2.24) is 20.4 Å². The molecule has 0 spiro atoms. The number of nitrogens with one attached hydrogen (secondary N) is 2. The molecule has 3 aromatic rings. The third-order valence-electron chi connectivity index (χ3n) is 13.1. The number of likely N-dealkylation sites (tertiary alicyclic amines) is 1. The van der Waals surface area contributed by atoms with Crippen LogP contribution in [0.3, 0.4) is 0 Å². The fraction of sp³-hybridized carbons (Fsp3) is 0.467. The van der Waals surface area contributed by atoms with Crippen LogP contribution in [0.15, 0.2) is 60.7 Å². The highest BCUT2D eigenvalue weighted by molar-refractivity contribution is 6.31. The molecule has 1 aliphatic carbocycles. The van der Waals surface area contributed by atoms with Gasteiger partial charge in [-0.3, -0.25) is 39.1 Å². The van der Waals surface area contributed by atoms with Crippen molar-refractivity contribution >= 4 is 46.8 Å². The molecule has 1 saturated carbocycles. The van der Waals surface area contributed by atoms with Crippen LogP contribution < -0.4 is 25.0 Å². The highest BCUT2D eigenvalue weighted by atomic mass is 35.5. The molecule has 1 unspecified atom stereocenters. The number of nitrogens with zero attached hydrogens (tertiary/aromatic N) is 4. The van der Waals surface area contributed by atoms with Crippen molar-refractivity contribution in [3.63, 3.8) is 0 Å². The number of benzene rings is 3. The number of piperidine rings is 3. The number of rotatable bonds is 9. The van der Waals surface area contributed by atoms with Crippen molar-refractivity contribution in [2.75, 3.05) is 31.1 Å². The number of fused-ring (bicyclic) bond motifs is 1. The molecule has 5 amide bonds. The fourth-order valence-corrected chi connectivity index (χ4v) is 10.4. The molecule has 0 radical (unpaired) electrons. The summed E-state index contributed by atoms with van der Waals surface area (Å²) in [5.41, 5.74) is 1.68. The molecule has 14 heteroatoms. The topological polar surface area (TPSA) is 161 Å². The van der Waals surface area contributed by atoms with Crippen molar-refractivity contribution in [2.45, 2.75) is 96.6 Å². The van der Waals surface area contributed by atoms with E-state index in [1.807, 2.05) is 30.3 Å².